The largest absolute Gasteiger partial charge is 0.459 e. The first kappa shape index (κ1) is 12.1. The van der Waals surface area contributed by atoms with Crippen LogP contribution < -0.4 is 0 Å². The van der Waals surface area contributed by atoms with Crippen molar-refractivity contribution >= 4 is 17.5 Å². The molecule has 1 amide bonds. The summed E-state index contributed by atoms with van der Waals surface area (Å²) < 4.78 is 5.08. The Hall–Kier alpha value is -0.960. The normalized spacial score (nSPS) is 10.7. The van der Waals surface area contributed by atoms with Crippen LogP contribution in [0.2, 0.25) is 0 Å². The van der Waals surface area contributed by atoms with Gasteiger partial charge in [0.05, 0.1) is 6.26 Å². The SMILES string of the molecule is CC(C)N(CCCCl)C(=O)c1ccco1. The molecule has 0 saturated heterocycles. The van der Waals surface area contributed by atoms with Crippen LogP contribution in [0.4, 0.5) is 0 Å². The van der Waals surface area contributed by atoms with Crippen molar-refractivity contribution in [2.45, 2.75) is 26.3 Å². The van der Waals surface area contributed by atoms with Gasteiger partial charge in [0.25, 0.3) is 5.91 Å². The zero-order chi connectivity index (χ0) is 11.3. The number of rotatable bonds is 5. The number of amides is 1. The van der Waals surface area contributed by atoms with E-state index >= 15 is 0 Å². The van der Waals surface area contributed by atoms with Gasteiger partial charge in [-0.15, -0.1) is 11.6 Å². The second-order valence-corrected chi connectivity index (χ2v) is 3.99. The van der Waals surface area contributed by atoms with E-state index < -0.39 is 0 Å². The van der Waals surface area contributed by atoms with Gasteiger partial charge in [-0.05, 0) is 32.4 Å². The summed E-state index contributed by atoms with van der Waals surface area (Å²) in [5.74, 6) is 0.882. The van der Waals surface area contributed by atoms with Crippen molar-refractivity contribution in [2.75, 3.05) is 12.4 Å². The van der Waals surface area contributed by atoms with Crippen LogP contribution in [0.25, 0.3) is 0 Å². The first-order valence-electron chi connectivity index (χ1n) is 5.07. The zero-order valence-corrected chi connectivity index (χ0v) is 9.83. The molecule has 0 N–H and O–H groups in total. The van der Waals surface area contributed by atoms with E-state index in [9.17, 15) is 4.79 Å². The van der Waals surface area contributed by atoms with Gasteiger partial charge in [0.1, 0.15) is 0 Å². The van der Waals surface area contributed by atoms with Crippen LogP contribution in [-0.4, -0.2) is 29.3 Å². The Bertz CT molecular complexity index is 296. The quantitative estimate of drug-likeness (QED) is 0.728. The molecule has 1 heterocycles. The zero-order valence-electron chi connectivity index (χ0n) is 9.07. The van der Waals surface area contributed by atoms with Crippen molar-refractivity contribution in [3.63, 3.8) is 0 Å². The number of carbonyl (C=O) groups excluding carboxylic acids is 1. The summed E-state index contributed by atoms with van der Waals surface area (Å²) in [5, 5.41) is 0. The summed E-state index contributed by atoms with van der Waals surface area (Å²) in [7, 11) is 0. The Balaban J connectivity index is 2.67. The third kappa shape index (κ3) is 3.27. The molecule has 4 heteroatoms. The van der Waals surface area contributed by atoms with Crippen molar-refractivity contribution < 1.29 is 9.21 Å². The van der Waals surface area contributed by atoms with Crippen LogP contribution in [0, 0.1) is 0 Å². The highest BCUT2D eigenvalue weighted by atomic mass is 35.5. The van der Waals surface area contributed by atoms with Crippen LogP contribution >= 0.6 is 11.6 Å². The molecule has 0 fully saturated rings. The van der Waals surface area contributed by atoms with E-state index in [-0.39, 0.29) is 11.9 Å². The van der Waals surface area contributed by atoms with Crippen LogP contribution in [0.1, 0.15) is 30.8 Å². The lowest BCUT2D eigenvalue weighted by Crippen LogP contribution is -2.37. The molecule has 0 aliphatic heterocycles. The smallest absolute Gasteiger partial charge is 0.289 e. The van der Waals surface area contributed by atoms with Crippen molar-refractivity contribution in [3.8, 4) is 0 Å². The Morgan fingerprint density at radius 2 is 2.33 bits per heavy atom. The average Bonchev–Trinajstić information content (AvgIpc) is 2.70. The van der Waals surface area contributed by atoms with Crippen LogP contribution in [0.15, 0.2) is 22.8 Å². The molecule has 0 radical (unpaired) electrons. The van der Waals surface area contributed by atoms with Gasteiger partial charge in [0.15, 0.2) is 5.76 Å². The minimum absolute atomic E-state index is 0.0693. The fourth-order valence-corrected chi connectivity index (χ4v) is 1.49. The maximum absolute atomic E-state index is 11.9. The molecule has 1 aromatic rings. The molecule has 0 spiro atoms. The van der Waals surface area contributed by atoms with Gasteiger partial charge < -0.3 is 9.32 Å². The van der Waals surface area contributed by atoms with Crippen molar-refractivity contribution in [3.05, 3.63) is 24.2 Å². The minimum atomic E-state index is -0.0693. The number of nitrogens with zero attached hydrogens (tertiary/aromatic N) is 1. The lowest BCUT2D eigenvalue weighted by molar-refractivity contribution is 0.0674. The highest BCUT2D eigenvalue weighted by Gasteiger charge is 2.19. The van der Waals surface area contributed by atoms with Crippen LogP contribution in [0.3, 0.4) is 0 Å². The molecule has 0 saturated carbocycles. The Morgan fingerprint density at radius 1 is 1.60 bits per heavy atom. The van der Waals surface area contributed by atoms with Crippen LogP contribution in [-0.2, 0) is 0 Å². The summed E-state index contributed by atoms with van der Waals surface area (Å²) in [6, 6.07) is 3.55. The number of halogens is 1. The fraction of sp³-hybridized carbons (Fsp3) is 0.545. The standard InChI is InChI=1S/C11H16ClNO2/c1-9(2)13(7-4-6-12)11(14)10-5-3-8-15-10/h3,5,8-9H,4,6-7H2,1-2H3. The van der Waals surface area contributed by atoms with Gasteiger partial charge in [-0.3, -0.25) is 4.79 Å². The van der Waals surface area contributed by atoms with Gasteiger partial charge in [-0.1, -0.05) is 0 Å². The highest BCUT2D eigenvalue weighted by Crippen LogP contribution is 2.09. The van der Waals surface area contributed by atoms with E-state index in [2.05, 4.69) is 0 Å². The van der Waals surface area contributed by atoms with E-state index in [4.69, 9.17) is 16.0 Å². The number of hydrogen-bond donors (Lipinski definition) is 0. The predicted octanol–water partition coefficient (Wildman–Crippen LogP) is 2.76. The van der Waals surface area contributed by atoms with Gasteiger partial charge in [0.2, 0.25) is 0 Å². The molecule has 1 aromatic heterocycles. The molecule has 15 heavy (non-hydrogen) atoms. The molecular weight excluding hydrogens is 214 g/mol. The lowest BCUT2D eigenvalue weighted by atomic mass is 10.2. The number of alkyl halides is 1. The topological polar surface area (TPSA) is 33.5 Å². The molecule has 1 rings (SSSR count). The molecular formula is C11H16ClNO2. The molecule has 84 valence electrons. The molecule has 0 unspecified atom stereocenters. The Kier molecular flexibility index (Phi) is 4.69. The van der Waals surface area contributed by atoms with E-state index in [0.29, 0.717) is 18.2 Å². The summed E-state index contributed by atoms with van der Waals surface area (Å²) in [6.45, 7) is 4.63. The van der Waals surface area contributed by atoms with E-state index in [1.165, 1.54) is 6.26 Å². The van der Waals surface area contributed by atoms with E-state index in [1.807, 2.05) is 13.8 Å². The molecule has 0 aliphatic rings. The molecule has 0 bridgehead atoms. The Morgan fingerprint density at radius 3 is 2.80 bits per heavy atom. The van der Waals surface area contributed by atoms with E-state index in [1.54, 1.807) is 17.0 Å². The van der Waals surface area contributed by atoms with Crippen LogP contribution in [0.5, 0.6) is 0 Å². The van der Waals surface area contributed by atoms with Gasteiger partial charge in [-0.2, -0.15) is 0 Å². The minimum Gasteiger partial charge on any atom is -0.459 e. The lowest BCUT2D eigenvalue weighted by Gasteiger charge is -2.25. The highest BCUT2D eigenvalue weighted by molar-refractivity contribution is 6.17. The van der Waals surface area contributed by atoms with Gasteiger partial charge in [0, 0.05) is 18.5 Å². The third-order valence-electron chi connectivity index (χ3n) is 2.15. The first-order chi connectivity index (χ1) is 7.16. The van der Waals surface area contributed by atoms with E-state index in [0.717, 1.165) is 6.42 Å². The Labute approximate surface area is 95.0 Å². The van der Waals surface area contributed by atoms with Crippen molar-refractivity contribution in [1.82, 2.24) is 4.90 Å². The fourth-order valence-electron chi connectivity index (χ4n) is 1.37. The summed E-state index contributed by atoms with van der Waals surface area (Å²) in [4.78, 5) is 13.7. The van der Waals surface area contributed by atoms with Gasteiger partial charge in [-0.25, -0.2) is 0 Å². The second-order valence-electron chi connectivity index (χ2n) is 3.61. The number of hydrogen-bond acceptors (Lipinski definition) is 2. The summed E-state index contributed by atoms with van der Waals surface area (Å²) in [5.41, 5.74) is 0. The molecule has 3 nitrogen and oxygen atoms in total. The maximum atomic E-state index is 11.9. The number of carbonyl (C=O) groups is 1. The van der Waals surface area contributed by atoms with Crippen molar-refractivity contribution in [1.29, 1.82) is 0 Å². The molecule has 0 aliphatic carbocycles. The summed E-state index contributed by atoms with van der Waals surface area (Å²) in [6.07, 6.45) is 2.31. The monoisotopic (exact) mass is 229 g/mol. The predicted molar refractivity (Wildman–Crippen MR) is 60.2 cm³/mol. The molecule has 0 atom stereocenters. The third-order valence-corrected chi connectivity index (χ3v) is 2.42. The first-order valence-corrected chi connectivity index (χ1v) is 5.60. The second kappa shape index (κ2) is 5.81. The van der Waals surface area contributed by atoms with Crippen molar-refractivity contribution in [2.24, 2.45) is 0 Å². The summed E-state index contributed by atoms with van der Waals surface area (Å²) >= 11 is 5.62. The maximum Gasteiger partial charge on any atom is 0.289 e. The molecule has 0 aromatic carbocycles. The number of furan rings is 1. The van der Waals surface area contributed by atoms with Gasteiger partial charge >= 0.3 is 0 Å². The average molecular weight is 230 g/mol.